The molecule has 0 atom stereocenters. The zero-order valence-corrected chi connectivity index (χ0v) is 10.5. The Kier molecular flexibility index (Phi) is 4.92. The van der Waals surface area contributed by atoms with Crippen LogP contribution in [-0.4, -0.2) is 38.0 Å². The average Bonchev–Trinajstić information content (AvgIpc) is 2.37. The molecule has 5 nitrogen and oxygen atoms in total. The number of benzene rings is 1. The standard InChI is InChI=1S/C13H15NO4/c1-14(2)9-11(13(16)17-3)18-12(15)10-7-5-4-6-8-10/h4-9H,1-3H3/b11-9+. The van der Waals surface area contributed by atoms with Crippen molar-refractivity contribution in [2.75, 3.05) is 21.2 Å². The second-order valence-electron chi connectivity index (χ2n) is 3.70. The van der Waals surface area contributed by atoms with Crippen LogP contribution in [0.5, 0.6) is 0 Å². The van der Waals surface area contributed by atoms with Gasteiger partial charge in [0.2, 0.25) is 5.76 Å². The van der Waals surface area contributed by atoms with E-state index < -0.39 is 11.9 Å². The van der Waals surface area contributed by atoms with Gasteiger partial charge in [0.15, 0.2) is 0 Å². The lowest BCUT2D eigenvalue weighted by Crippen LogP contribution is -2.16. The summed E-state index contributed by atoms with van der Waals surface area (Å²) in [7, 11) is 4.64. The third-order valence-electron chi connectivity index (χ3n) is 1.97. The summed E-state index contributed by atoms with van der Waals surface area (Å²) in [5, 5.41) is 0. The molecule has 0 aliphatic carbocycles. The molecule has 0 aromatic heterocycles. The summed E-state index contributed by atoms with van der Waals surface area (Å²) >= 11 is 0. The summed E-state index contributed by atoms with van der Waals surface area (Å²) in [5.41, 5.74) is 0.367. The third-order valence-corrected chi connectivity index (χ3v) is 1.97. The second kappa shape index (κ2) is 6.44. The number of esters is 2. The van der Waals surface area contributed by atoms with Crippen molar-refractivity contribution in [2.45, 2.75) is 0 Å². The van der Waals surface area contributed by atoms with Crippen LogP contribution in [0.2, 0.25) is 0 Å². The van der Waals surface area contributed by atoms with Crippen LogP contribution in [0.15, 0.2) is 42.3 Å². The maximum atomic E-state index is 11.8. The quantitative estimate of drug-likeness (QED) is 0.459. The average molecular weight is 249 g/mol. The molecule has 0 saturated carbocycles. The van der Waals surface area contributed by atoms with E-state index in [9.17, 15) is 9.59 Å². The monoisotopic (exact) mass is 249 g/mol. The molecule has 1 aromatic carbocycles. The van der Waals surface area contributed by atoms with Crippen LogP contribution in [0.1, 0.15) is 10.4 Å². The van der Waals surface area contributed by atoms with E-state index in [-0.39, 0.29) is 5.76 Å². The molecule has 0 bridgehead atoms. The van der Waals surface area contributed by atoms with Crippen LogP contribution >= 0.6 is 0 Å². The van der Waals surface area contributed by atoms with Crippen molar-refractivity contribution >= 4 is 11.9 Å². The predicted octanol–water partition coefficient (Wildman–Crippen LogP) is 1.42. The molecule has 0 fully saturated rings. The van der Waals surface area contributed by atoms with Gasteiger partial charge in [-0.15, -0.1) is 0 Å². The van der Waals surface area contributed by atoms with Crippen molar-refractivity contribution in [1.82, 2.24) is 4.90 Å². The van der Waals surface area contributed by atoms with Gasteiger partial charge in [-0.1, -0.05) is 18.2 Å². The van der Waals surface area contributed by atoms with Gasteiger partial charge in [0.25, 0.3) is 0 Å². The van der Waals surface area contributed by atoms with Gasteiger partial charge in [-0.05, 0) is 12.1 Å². The van der Waals surface area contributed by atoms with Crippen LogP contribution in [0.3, 0.4) is 0 Å². The first-order chi connectivity index (χ1) is 8.54. The molecule has 0 aliphatic rings. The first kappa shape index (κ1) is 13.8. The number of hydrogen-bond acceptors (Lipinski definition) is 5. The van der Waals surface area contributed by atoms with Gasteiger partial charge in [0.1, 0.15) is 0 Å². The molecule has 1 rings (SSSR count). The fourth-order valence-electron chi connectivity index (χ4n) is 1.19. The highest BCUT2D eigenvalue weighted by atomic mass is 16.6. The Labute approximate surface area is 106 Å². The Balaban J connectivity index is 2.85. The number of carbonyl (C=O) groups is 2. The second-order valence-corrected chi connectivity index (χ2v) is 3.70. The van der Waals surface area contributed by atoms with E-state index in [0.29, 0.717) is 5.56 Å². The smallest absolute Gasteiger partial charge is 0.375 e. The molecule has 96 valence electrons. The molecule has 0 aliphatic heterocycles. The number of methoxy groups -OCH3 is 1. The SMILES string of the molecule is COC(=O)/C(=C\N(C)C)OC(=O)c1ccccc1. The number of ether oxygens (including phenoxy) is 2. The largest absolute Gasteiger partial charge is 0.463 e. The van der Waals surface area contributed by atoms with E-state index in [1.54, 1.807) is 49.3 Å². The fourth-order valence-corrected chi connectivity index (χ4v) is 1.19. The number of carbonyl (C=O) groups excluding carboxylic acids is 2. The van der Waals surface area contributed by atoms with Crippen molar-refractivity contribution < 1.29 is 19.1 Å². The normalized spacial score (nSPS) is 10.7. The molecule has 0 spiro atoms. The summed E-state index contributed by atoms with van der Waals surface area (Å²) < 4.78 is 9.54. The number of rotatable bonds is 4. The molecular weight excluding hydrogens is 234 g/mol. The van der Waals surface area contributed by atoms with Gasteiger partial charge < -0.3 is 14.4 Å². The molecule has 1 aromatic rings. The number of hydrogen-bond donors (Lipinski definition) is 0. The Morgan fingerprint density at radius 1 is 1.17 bits per heavy atom. The lowest BCUT2D eigenvalue weighted by molar-refractivity contribution is -0.139. The van der Waals surface area contributed by atoms with E-state index in [0.717, 1.165) is 0 Å². The van der Waals surface area contributed by atoms with Crippen molar-refractivity contribution in [2.24, 2.45) is 0 Å². The minimum Gasteiger partial charge on any atom is -0.463 e. The number of nitrogens with zero attached hydrogens (tertiary/aromatic N) is 1. The molecule has 0 saturated heterocycles. The molecule has 0 radical (unpaired) electrons. The maximum absolute atomic E-state index is 11.8. The Bertz CT molecular complexity index is 451. The third kappa shape index (κ3) is 3.93. The maximum Gasteiger partial charge on any atom is 0.375 e. The molecule has 0 amide bonds. The van der Waals surface area contributed by atoms with Gasteiger partial charge in [-0.25, -0.2) is 9.59 Å². The van der Waals surface area contributed by atoms with Crippen molar-refractivity contribution in [3.05, 3.63) is 47.9 Å². The topological polar surface area (TPSA) is 55.8 Å². The van der Waals surface area contributed by atoms with Gasteiger partial charge in [-0.2, -0.15) is 0 Å². The fraction of sp³-hybridized carbons (Fsp3) is 0.231. The molecule has 0 N–H and O–H groups in total. The Morgan fingerprint density at radius 2 is 1.78 bits per heavy atom. The van der Waals surface area contributed by atoms with E-state index in [4.69, 9.17) is 4.74 Å². The lowest BCUT2D eigenvalue weighted by Gasteiger charge is -2.10. The van der Waals surface area contributed by atoms with Crippen LogP contribution in [0.25, 0.3) is 0 Å². The van der Waals surface area contributed by atoms with E-state index in [2.05, 4.69) is 4.74 Å². The highest BCUT2D eigenvalue weighted by Crippen LogP contribution is 2.08. The van der Waals surface area contributed by atoms with Crippen molar-refractivity contribution in [1.29, 1.82) is 0 Å². The van der Waals surface area contributed by atoms with E-state index >= 15 is 0 Å². The Hall–Kier alpha value is -2.30. The Morgan fingerprint density at radius 3 is 2.28 bits per heavy atom. The molecule has 0 unspecified atom stereocenters. The lowest BCUT2D eigenvalue weighted by atomic mass is 10.2. The summed E-state index contributed by atoms with van der Waals surface area (Å²) in [6.07, 6.45) is 1.38. The summed E-state index contributed by atoms with van der Waals surface area (Å²) in [4.78, 5) is 24.8. The molecule has 18 heavy (non-hydrogen) atoms. The highest BCUT2D eigenvalue weighted by molar-refractivity contribution is 5.95. The van der Waals surface area contributed by atoms with Gasteiger partial charge in [0.05, 0.1) is 12.7 Å². The zero-order valence-electron chi connectivity index (χ0n) is 10.5. The summed E-state index contributed by atoms with van der Waals surface area (Å²) in [5.74, 6) is -1.46. The van der Waals surface area contributed by atoms with Crippen molar-refractivity contribution in [3.8, 4) is 0 Å². The van der Waals surface area contributed by atoms with Crippen molar-refractivity contribution in [3.63, 3.8) is 0 Å². The van der Waals surface area contributed by atoms with Gasteiger partial charge in [-0.3, -0.25) is 0 Å². The molecular formula is C13H15NO4. The van der Waals surface area contributed by atoms with Crippen LogP contribution in [0.4, 0.5) is 0 Å². The summed E-state index contributed by atoms with van der Waals surface area (Å²) in [6.45, 7) is 0. The van der Waals surface area contributed by atoms with Crippen LogP contribution in [0, 0.1) is 0 Å². The first-order valence-electron chi connectivity index (χ1n) is 5.28. The summed E-state index contributed by atoms with van der Waals surface area (Å²) in [6, 6.07) is 8.42. The van der Waals surface area contributed by atoms with E-state index in [1.165, 1.54) is 13.3 Å². The first-order valence-corrected chi connectivity index (χ1v) is 5.28. The van der Waals surface area contributed by atoms with E-state index in [1.807, 2.05) is 0 Å². The zero-order chi connectivity index (χ0) is 13.5. The molecule has 0 heterocycles. The minimum absolute atomic E-state index is 0.156. The van der Waals surface area contributed by atoms with Gasteiger partial charge >= 0.3 is 11.9 Å². The highest BCUT2D eigenvalue weighted by Gasteiger charge is 2.17. The van der Waals surface area contributed by atoms with Crippen LogP contribution in [-0.2, 0) is 14.3 Å². The van der Waals surface area contributed by atoms with Gasteiger partial charge in [0, 0.05) is 20.3 Å². The minimum atomic E-state index is -0.701. The predicted molar refractivity (Wildman–Crippen MR) is 65.6 cm³/mol. The van der Waals surface area contributed by atoms with Crippen LogP contribution < -0.4 is 0 Å². The molecule has 5 heteroatoms.